The molecular formula is C52H52Cl2F6N4O6S. The Morgan fingerprint density at radius 3 is 2.13 bits per heavy atom. The number of nitrogens with one attached hydrogen (secondary N) is 1. The number of sulfonamides is 1. The molecule has 10 nitrogen and oxygen atoms in total. The molecule has 0 saturated carbocycles. The molecule has 1 spiro atoms. The number of amides is 2. The minimum atomic E-state index is -5.13. The largest absolute Gasteiger partial charge is 0.416 e. The number of ether oxygens (including phenoxy) is 2. The SMILES string of the molecule is CN(CCCNS(=O)(=O)c1ccc(-c2ccccc2)cc1)C(=O)CO[C@H]1Cc2ccccc2C12CCN(CC[C@@]1(c3ccc(Cl)c(Cl)c3)CN(C(=O)c3cc(C(F)(F)F)cc(C(F)(F)F)c3)CCO1)CC2. The van der Waals surface area contributed by atoms with Gasteiger partial charge in [-0.25, -0.2) is 13.1 Å². The molecule has 8 rings (SSSR count). The lowest BCUT2D eigenvalue weighted by Crippen LogP contribution is -2.54. The Morgan fingerprint density at radius 1 is 0.817 bits per heavy atom. The molecule has 5 aromatic rings. The predicted molar refractivity (Wildman–Crippen MR) is 258 cm³/mol. The Hall–Kier alpha value is -5.01. The summed E-state index contributed by atoms with van der Waals surface area (Å²) in [5.74, 6) is -1.25. The van der Waals surface area contributed by atoms with Gasteiger partial charge in [0.2, 0.25) is 15.9 Å². The maximum absolute atomic E-state index is 13.9. The average molecular weight is 1050 g/mol. The zero-order valence-electron chi connectivity index (χ0n) is 38.7. The Kier molecular flexibility index (Phi) is 15.6. The number of piperidine rings is 1. The van der Waals surface area contributed by atoms with Gasteiger partial charge in [-0.05, 0) is 115 Å². The molecule has 0 bridgehead atoms. The van der Waals surface area contributed by atoms with Gasteiger partial charge in [-0.2, -0.15) is 26.3 Å². The fourth-order valence-electron chi connectivity index (χ4n) is 10.0. The highest BCUT2D eigenvalue weighted by atomic mass is 35.5. The lowest BCUT2D eigenvalue weighted by atomic mass is 9.72. The van der Waals surface area contributed by atoms with Crippen LogP contribution in [0.3, 0.4) is 0 Å². The van der Waals surface area contributed by atoms with E-state index in [4.69, 9.17) is 32.7 Å². The Balaban J connectivity index is 0.893. The first-order chi connectivity index (χ1) is 33.7. The highest BCUT2D eigenvalue weighted by Crippen LogP contribution is 2.48. The second-order valence-corrected chi connectivity index (χ2v) is 20.9. The maximum Gasteiger partial charge on any atom is 0.416 e. The van der Waals surface area contributed by atoms with E-state index in [1.807, 2.05) is 42.5 Å². The Labute approximate surface area is 418 Å². The van der Waals surface area contributed by atoms with Crippen LogP contribution in [0.4, 0.5) is 26.3 Å². The average Bonchev–Trinajstić information content (AvgIpc) is 3.66. The number of hydrogen-bond donors (Lipinski definition) is 1. The Morgan fingerprint density at radius 2 is 1.46 bits per heavy atom. The summed E-state index contributed by atoms with van der Waals surface area (Å²) < 4.78 is 124. The maximum atomic E-state index is 13.9. The van der Waals surface area contributed by atoms with Crippen molar-refractivity contribution in [3.63, 3.8) is 0 Å². The van der Waals surface area contributed by atoms with Crippen molar-refractivity contribution in [1.82, 2.24) is 19.4 Å². The molecule has 1 aliphatic carbocycles. The number of likely N-dealkylation sites (N-methyl/N-ethyl adjacent to an activating group) is 1. The first-order valence-corrected chi connectivity index (χ1v) is 25.4. The van der Waals surface area contributed by atoms with Crippen molar-refractivity contribution in [2.75, 3.05) is 66.1 Å². The molecule has 2 amide bonds. The summed E-state index contributed by atoms with van der Waals surface area (Å²) in [6.45, 7) is 1.58. The number of carbonyl (C=O) groups is 2. The summed E-state index contributed by atoms with van der Waals surface area (Å²) >= 11 is 12.8. The molecule has 0 radical (unpaired) electrons. The normalized spacial score (nSPS) is 19.5. The van der Waals surface area contributed by atoms with E-state index in [2.05, 4.69) is 21.8 Å². The second-order valence-electron chi connectivity index (χ2n) is 18.4. The summed E-state index contributed by atoms with van der Waals surface area (Å²) in [5.41, 5.74) is -0.877. The van der Waals surface area contributed by atoms with Gasteiger partial charge in [-0.15, -0.1) is 0 Å². The number of fused-ring (bicyclic) bond motifs is 2. The highest BCUT2D eigenvalue weighted by Gasteiger charge is 2.50. The molecule has 2 saturated heterocycles. The van der Waals surface area contributed by atoms with Crippen LogP contribution in [-0.2, 0) is 54.1 Å². The van der Waals surface area contributed by atoms with E-state index in [1.54, 1.807) is 49.5 Å². The molecule has 1 N–H and O–H groups in total. The van der Waals surface area contributed by atoms with E-state index in [-0.39, 0.29) is 72.3 Å². The number of carbonyl (C=O) groups excluding carboxylic acids is 2. The minimum absolute atomic E-state index is 0.00962. The molecule has 0 aromatic heterocycles. The van der Waals surface area contributed by atoms with Gasteiger partial charge in [0.1, 0.15) is 12.2 Å². The molecule has 0 unspecified atom stereocenters. The van der Waals surface area contributed by atoms with Crippen molar-refractivity contribution < 1.29 is 53.8 Å². The molecule has 3 aliphatic rings. The van der Waals surface area contributed by atoms with Crippen molar-refractivity contribution in [3.8, 4) is 11.1 Å². The zero-order valence-corrected chi connectivity index (χ0v) is 41.0. The minimum Gasteiger partial charge on any atom is -0.367 e. The van der Waals surface area contributed by atoms with Crippen molar-refractivity contribution in [3.05, 3.63) is 159 Å². The van der Waals surface area contributed by atoms with E-state index in [0.29, 0.717) is 69.6 Å². The number of hydrogen-bond acceptors (Lipinski definition) is 7. The molecule has 2 aliphatic heterocycles. The summed E-state index contributed by atoms with van der Waals surface area (Å²) in [4.78, 5) is 32.5. The number of halogens is 8. The number of alkyl halides is 6. The topological polar surface area (TPSA) is 108 Å². The number of likely N-dealkylation sites (tertiary alicyclic amines) is 1. The molecule has 5 aromatic carbocycles. The van der Waals surface area contributed by atoms with Gasteiger partial charge >= 0.3 is 12.4 Å². The van der Waals surface area contributed by atoms with Crippen molar-refractivity contribution >= 4 is 45.0 Å². The summed E-state index contributed by atoms with van der Waals surface area (Å²) in [5, 5.41) is 0.451. The first-order valence-electron chi connectivity index (χ1n) is 23.2. The monoisotopic (exact) mass is 1040 g/mol. The number of benzene rings is 5. The van der Waals surface area contributed by atoms with Gasteiger partial charge in [-0.3, -0.25) is 9.59 Å². The van der Waals surface area contributed by atoms with Crippen LogP contribution in [0.15, 0.2) is 120 Å². The number of morpholine rings is 1. The number of nitrogens with zero attached hydrogens (tertiary/aromatic N) is 3. The van der Waals surface area contributed by atoms with Crippen LogP contribution in [0.25, 0.3) is 11.1 Å². The van der Waals surface area contributed by atoms with Crippen LogP contribution in [0.5, 0.6) is 0 Å². The molecule has 2 atom stereocenters. The van der Waals surface area contributed by atoms with Crippen molar-refractivity contribution in [2.45, 2.75) is 66.5 Å². The van der Waals surface area contributed by atoms with Gasteiger partial charge < -0.3 is 24.2 Å². The van der Waals surface area contributed by atoms with E-state index < -0.39 is 56.0 Å². The van der Waals surface area contributed by atoms with E-state index in [0.717, 1.165) is 22.3 Å². The third-order valence-electron chi connectivity index (χ3n) is 14.0. The van der Waals surface area contributed by atoms with Gasteiger partial charge in [0.05, 0.1) is 45.3 Å². The van der Waals surface area contributed by atoms with Crippen LogP contribution >= 0.6 is 23.2 Å². The van der Waals surface area contributed by atoms with E-state index >= 15 is 0 Å². The lowest BCUT2D eigenvalue weighted by molar-refractivity contribution is -0.143. The molecule has 19 heteroatoms. The van der Waals surface area contributed by atoms with E-state index in [9.17, 15) is 44.3 Å². The molecule has 71 heavy (non-hydrogen) atoms. The molecular weight excluding hydrogens is 994 g/mol. The predicted octanol–water partition coefficient (Wildman–Crippen LogP) is 10.3. The number of rotatable bonds is 15. The van der Waals surface area contributed by atoms with Crippen LogP contribution in [0.2, 0.25) is 10.0 Å². The van der Waals surface area contributed by atoms with E-state index in [1.165, 1.54) is 9.80 Å². The summed E-state index contributed by atoms with van der Waals surface area (Å²) in [6.07, 6.45) is -7.96. The summed E-state index contributed by atoms with van der Waals surface area (Å²) in [6, 6.07) is 30.1. The Bertz CT molecular complexity index is 2800. The van der Waals surface area contributed by atoms with Gasteiger partial charge in [0.25, 0.3) is 5.91 Å². The fourth-order valence-corrected chi connectivity index (χ4v) is 11.4. The molecule has 2 heterocycles. The zero-order chi connectivity index (χ0) is 50.8. The van der Waals surface area contributed by atoms with Gasteiger partial charge in [0, 0.05) is 44.2 Å². The lowest BCUT2D eigenvalue weighted by Gasteiger charge is -2.46. The standard InChI is InChI=1S/C52H52Cl2F6N4O6S/c1-62(22-7-21-61-71(67,68)42-15-12-36(13-16-42)35-8-3-2-4-9-35)47(65)33-69-46-30-37-10-5-6-11-43(37)49(46)18-23-63(24-19-49)25-20-50(39-14-17-44(53)45(54)32-39)34-64(26-27-70-50)48(66)38-28-40(51(55,56)57)31-41(29-38)52(58,59)60/h2-6,8-17,28-29,31-32,46,61H,7,18-27,30,33-34H2,1H3/t46-,50-/m0/s1. The van der Waals surface area contributed by atoms with Crippen LogP contribution in [0.1, 0.15) is 63.9 Å². The van der Waals surface area contributed by atoms with Crippen LogP contribution < -0.4 is 4.72 Å². The van der Waals surface area contributed by atoms with Crippen molar-refractivity contribution in [1.29, 1.82) is 0 Å². The summed E-state index contributed by atoms with van der Waals surface area (Å²) in [7, 11) is -2.11. The smallest absolute Gasteiger partial charge is 0.367 e. The first kappa shape index (κ1) is 52.3. The van der Waals surface area contributed by atoms with Gasteiger partial charge in [-0.1, -0.05) is 96.0 Å². The van der Waals surface area contributed by atoms with Crippen molar-refractivity contribution in [2.24, 2.45) is 0 Å². The molecule has 378 valence electrons. The quantitative estimate of drug-likeness (QED) is 0.0822. The van der Waals surface area contributed by atoms with Crippen LogP contribution in [-0.4, -0.2) is 107 Å². The van der Waals surface area contributed by atoms with Gasteiger partial charge in [0.15, 0.2) is 0 Å². The molecule has 2 fully saturated rings. The highest BCUT2D eigenvalue weighted by molar-refractivity contribution is 7.89. The van der Waals surface area contributed by atoms with Crippen LogP contribution in [0, 0.1) is 0 Å². The fraction of sp³-hybridized carbons (Fsp3) is 0.385. The second kappa shape index (κ2) is 21.2. The third kappa shape index (κ3) is 11.8. The third-order valence-corrected chi connectivity index (χ3v) is 16.2.